The summed E-state index contributed by atoms with van der Waals surface area (Å²) in [6.45, 7) is -2.62. The molecule has 2 aromatic rings. The molecular weight excluding hydrogens is 313 g/mol. The van der Waals surface area contributed by atoms with Crippen LogP contribution in [0.2, 0.25) is 0 Å². The van der Waals surface area contributed by atoms with Crippen molar-refractivity contribution < 1.29 is 22.6 Å². The monoisotopic (exact) mass is 326 g/mol. The molecule has 0 saturated heterocycles. The topological polar surface area (TPSA) is 53.4 Å². The smallest absolute Gasteiger partial charge is 0.387 e. The van der Waals surface area contributed by atoms with Crippen LogP contribution in [0.5, 0.6) is 5.75 Å². The summed E-state index contributed by atoms with van der Waals surface area (Å²) in [5, 5.41) is 0. The molecule has 0 amide bonds. The minimum Gasteiger partial charge on any atom is -0.431 e. The fraction of sp³-hybridized carbons (Fsp3) is 0.333. The average Bonchev–Trinajstić information content (AvgIpc) is 2.53. The lowest BCUT2D eigenvalue weighted by Gasteiger charge is -2.17. The summed E-state index contributed by atoms with van der Waals surface area (Å²) in [6.07, 6.45) is 1.87. The molecule has 0 N–H and O–H groups in total. The van der Waals surface area contributed by atoms with Crippen molar-refractivity contribution in [2.45, 2.75) is 26.2 Å². The lowest BCUT2D eigenvalue weighted by molar-refractivity contribution is -0.0528. The number of hydrogen-bond donors (Lipinski definition) is 0. The lowest BCUT2D eigenvalue weighted by atomic mass is 10.1. The van der Waals surface area contributed by atoms with Gasteiger partial charge in [-0.15, -0.1) is 0 Å². The van der Waals surface area contributed by atoms with Gasteiger partial charge in [-0.25, -0.2) is 9.37 Å². The van der Waals surface area contributed by atoms with E-state index in [-0.39, 0.29) is 24.3 Å². The van der Waals surface area contributed by atoms with Crippen LogP contribution in [-0.2, 0) is 24.3 Å². The zero-order valence-corrected chi connectivity index (χ0v) is 12.0. The molecule has 1 aliphatic heterocycles. The fourth-order valence-electron chi connectivity index (χ4n) is 2.47. The van der Waals surface area contributed by atoms with E-state index in [1.165, 1.54) is 23.0 Å². The summed E-state index contributed by atoms with van der Waals surface area (Å²) in [5.74, 6) is -1.48. The van der Waals surface area contributed by atoms with Crippen LogP contribution >= 0.6 is 0 Å². The average molecular weight is 326 g/mol. The van der Waals surface area contributed by atoms with Crippen molar-refractivity contribution >= 4 is 0 Å². The van der Waals surface area contributed by atoms with Crippen LogP contribution in [0.1, 0.15) is 16.8 Å². The Hall–Kier alpha value is -2.35. The molecule has 3 rings (SSSR count). The van der Waals surface area contributed by atoms with Crippen LogP contribution in [0.15, 0.2) is 29.3 Å². The minimum atomic E-state index is -3.16. The predicted octanol–water partition coefficient (Wildman–Crippen LogP) is 2.10. The molecule has 0 unspecified atom stereocenters. The third-order valence-corrected chi connectivity index (χ3v) is 3.55. The number of fused-ring (bicyclic) bond motifs is 1. The van der Waals surface area contributed by atoms with E-state index < -0.39 is 18.2 Å². The Morgan fingerprint density at radius 2 is 2.22 bits per heavy atom. The maximum absolute atomic E-state index is 13.7. The maximum atomic E-state index is 13.7. The van der Waals surface area contributed by atoms with Gasteiger partial charge in [0.2, 0.25) is 0 Å². The molecule has 0 bridgehead atoms. The summed E-state index contributed by atoms with van der Waals surface area (Å²) in [6, 6.07) is 3.80. The second-order valence-electron chi connectivity index (χ2n) is 5.01. The molecule has 122 valence electrons. The first-order valence-corrected chi connectivity index (χ1v) is 6.93. The van der Waals surface area contributed by atoms with Gasteiger partial charge in [0.15, 0.2) is 11.6 Å². The van der Waals surface area contributed by atoms with Crippen LogP contribution in [0, 0.1) is 5.82 Å². The number of rotatable bonds is 4. The van der Waals surface area contributed by atoms with Gasteiger partial charge in [0.05, 0.1) is 37.3 Å². The first-order valence-electron chi connectivity index (χ1n) is 6.93. The molecule has 1 aromatic carbocycles. The number of hydrogen-bond acceptors (Lipinski definition) is 4. The number of alkyl halides is 2. The molecule has 0 aliphatic carbocycles. The Morgan fingerprint density at radius 1 is 1.39 bits per heavy atom. The van der Waals surface area contributed by atoms with Gasteiger partial charge in [0, 0.05) is 12.0 Å². The van der Waals surface area contributed by atoms with Crippen molar-refractivity contribution in [3.63, 3.8) is 0 Å². The number of ether oxygens (including phenoxy) is 2. The molecule has 0 saturated carbocycles. The van der Waals surface area contributed by atoms with Gasteiger partial charge in [-0.2, -0.15) is 8.78 Å². The van der Waals surface area contributed by atoms with Gasteiger partial charge in [-0.3, -0.25) is 9.36 Å². The Labute approximate surface area is 129 Å². The van der Waals surface area contributed by atoms with Gasteiger partial charge < -0.3 is 9.47 Å². The standard InChI is InChI=1S/C15H13F3N2O3/c16-11-3-1-2-9(13(11)23-15(17)18)6-20-8-19-12-4-5-22-7-10(12)14(20)21/h1-3,8,15H,4-7H2. The molecule has 0 atom stereocenters. The molecule has 2 heterocycles. The highest BCUT2D eigenvalue weighted by Gasteiger charge is 2.19. The van der Waals surface area contributed by atoms with Crippen molar-refractivity contribution in [1.29, 1.82) is 0 Å². The molecule has 0 fully saturated rings. The summed E-state index contributed by atoms with van der Waals surface area (Å²) in [7, 11) is 0. The van der Waals surface area contributed by atoms with Crippen molar-refractivity contribution in [3.05, 3.63) is 57.5 Å². The Kier molecular flexibility index (Phi) is 4.33. The molecule has 0 spiro atoms. The normalized spacial score (nSPS) is 13.9. The highest BCUT2D eigenvalue weighted by Crippen LogP contribution is 2.25. The van der Waals surface area contributed by atoms with Crippen LogP contribution in [0.3, 0.4) is 0 Å². The van der Waals surface area contributed by atoms with E-state index >= 15 is 0 Å². The lowest BCUT2D eigenvalue weighted by Crippen LogP contribution is -2.30. The van der Waals surface area contributed by atoms with Gasteiger partial charge in [0.25, 0.3) is 5.56 Å². The van der Waals surface area contributed by atoms with E-state index in [9.17, 15) is 18.0 Å². The number of nitrogens with zero attached hydrogens (tertiary/aromatic N) is 2. The van der Waals surface area contributed by atoms with E-state index in [0.29, 0.717) is 24.3 Å². The van der Waals surface area contributed by atoms with Gasteiger partial charge in [-0.05, 0) is 6.07 Å². The largest absolute Gasteiger partial charge is 0.431 e. The first-order chi connectivity index (χ1) is 11.1. The Bertz CT molecular complexity index is 777. The van der Waals surface area contributed by atoms with Crippen LogP contribution in [-0.4, -0.2) is 22.8 Å². The van der Waals surface area contributed by atoms with Crippen LogP contribution < -0.4 is 10.3 Å². The van der Waals surface area contributed by atoms with E-state index in [0.717, 1.165) is 6.07 Å². The van der Waals surface area contributed by atoms with Crippen LogP contribution in [0.25, 0.3) is 0 Å². The SMILES string of the molecule is O=c1c2c(ncn1Cc1cccc(F)c1OC(F)F)CCOC2. The predicted molar refractivity (Wildman–Crippen MR) is 74.0 cm³/mol. The molecule has 0 radical (unpaired) electrons. The van der Waals surface area contributed by atoms with Crippen molar-refractivity contribution in [2.24, 2.45) is 0 Å². The highest BCUT2D eigenvalue weighted by atomic mass is 19.3. The van der Waals surface area contributed by atoms with Crippen molar-refractivity contribution in [1.82, 2.24) is 9.55 Å². The number of para-hydroxylation sites is 1. The van der Waals surface area contributed by atoms with E-state index in [4.69, 9.17) is 4.74 Å². The minimum absolute atomic E-state index is 0.126. The molecule has 5 nitrogen and oxygen atoms in total. The third kappa shape index (κ3) is 3.21. The van der Waals surface area contributed by atoms with Gasteiger partial charge in [0.1, 0.15) is 0 Å². The summed E-state index contributed by atoms with van der Waals surface area (Å²) in [5.41, 5.74) is 0.903. The fourth-order valence-corrected chi connectivity index (χ4v) is 2.47. The number of aromatic nitrogens is 2. The van der Waals surface area contributed by atoms with E-state index in [1.807, 2.05) is 0 Å². The highest BCUT2D eigenvalue weighted by molar-refractivity contribution is 5.35. The van der Waals surface area contributed by atoms with E-state index in [1.54, 1.807) is 0 Å². The van der Waals surface area contributed by atoms with E-state index in [2.05, 4.69) is 9.72 Å². The zero-order chi connectivity index (χ0) is 16.4. The Balaban J connectivity index is 1.97. The molecule has 1 aromatic heterocycles. The summed E-state index contributed by atoms with van der Waals surface area (Å²) in [4.78, 5) is 16.6. The number of halogens is 3. The van der Waals surface area contributed by atoms with Gasteiger partial charge >= 0.3 is 6.61 Å². The second kappa shape index (κ2) is 6.41. The molecular formula is C15H13F3N2O3. The first kappa shape index (κ1) is 15.5. The summed E-state index contributed by atoms with van der Waals surface area (Å²) >= 11 is 0. The zero-order valence-electron chi connectivity index (χ0n) is 12.0. The Morgan fingerprint density at radius 3 is 3.00 bits per heavy atom. The summed E-state index contributed by atoms with van der Waals surface area (Å²) < 4.78 is 49.3. The van der Waals surface area contributed by atoms with Crippen molar-refractivity contribution in [2.75, 3.05) is 6.61 Å². The van der Waals surface area contributed by atoms with Crippen LogP contribution in [0.4, 0.5) is 13.2 Å². The number of benzene rings is 1. The van der Waals surface area contributed by atoms with Gasteiger partial charge in [-0.1, -0.05) is 12.1 Å². The molecule has 1 aliphatic rings. The molecule has 23 heavy (non-hydrogen) atoms. The second-order valence-corrected chi connectivity index (χ2v) is 5.01. The maximum Gasteiger partial charge on any atom is 0.387 e. The molecule has 8 heteroatoms. The quantitative estimate of drug-likeness (QED) is 0.863. The van der Waals surface area contributed by atoms with Crippen molar-refractivity contribution in [3.8, 4) is 5.75 Å². The third-order valence-electron chi connectivity index (χ3n) is 3.55.